The Bertz CT molecular complexity index is 1050. The minimum Gasteiger partial charge on any atom is -0.321 e. The largest absolute Gasteiger partial charge is 0.321 e. The summed E-state index contributed by atoms with van der Waals surface area (Å²) in [5.74, 6) is -0.615. The molecule has 0 saturated heterocycles. The Hall–Kier alpha value is -2.67. The van der Waals surface area contributed by atoms with Crippen LogP contribution in [-0.2, 0) is 0 Å². The molecule has 0 radical (unpaired) electrons. The third-order valence-corrected chi connectivity index (χ3v) is 5.20. The van der Waals surface area contributed by atoms with Crippen molar-refractivity contribution in [3.05, 3.63) is 86.0 Å². The van der Waals surface area contributed by atoms with Gasteiger partial charge >= 0.3 is 0 Å². The summed E-state index contributed by atoms with van der Waals surface area (Å²) in [7, 11) is 0. The fourth-order valence-electron chi connectivity index (χ4n) is 2.36. The van der Waals surface area contributed by atoms with Crippen molar-refractivity contribution in [2.75, 3.05) is 5.32 Å². The summed E-state index contributed by atoms with van der Waals surface area (Å²) >= 11 is 13.2. The van der Waals surface area contributed by atoms with E-state index in [1.807, 2.05) is 17.5 Å². The zero-order chi connectivity index (χ0) is 20.1. The zero-order valence-electron chi connectivity index (χ0n) is 14.7. The van der Waals surface area contributed by atoms with E-state index < -0.39 is 5.91 Å². The first-order valence-corrected chi connectivity index (χ1v) is 9.82. The van der Waals surface area contributed by atoms with E-state index in [9.17, 15) is 9.59 Å². The first-order valence-electron chi connectivity index (χ1n) is 8.19. The number of rotatable bonds is 5. The molecule has 0 fully saturated rings. The van der Waals surface area contributed by atoms with Crippen molar-refractivity contribution in [2.24, 2.45) is 5.10 Å². The van der Waals surface area contributed by atoms with E-state index in [0.29, 0.717) is 21.3 Å². The number of hydrogen-bond acceptors (Lipinski definition) is 4. The molecule has 0 bridgehead atoms. The highest BCUT2D eigenvalue weighted by Crippen LogP contribution is 2.21. The molecule has 1 heterocycles. The van der Waals surface area contributed by atoms with Gasteiger partial charge in [-0.2, -0.15) is 5.10 Å². The van der Waals surface area contributed by atoms with Crippen molar-refractivity contribution in [2.45, 2.75) is 6.92 Å². The number of nitrogens with one attached hydrogen (secondary N) is 2. The van der Waals surface area contributed by atoms with Gasteiger partial charge in [0, 0.05) is 10.7 Å². The molecule has 1 aromatic heterocycles. The molecule has 0 unspecified atom stereocenters. The number of nitrogens with zero attached hydrogens (tertiary/aromatic N) is 1. The topological polar surface area (TPSA) is 70.6 Å². The second-order valence-electron chi connectivity index (χ2n) is 5.77. The molecule has 28 heavy (non-hydrogen) atoms. The Morgan fingerprint density at radius 1 is 1.00 bits per heavy atom. The van der Waals surface area contributed by atoms with Crippen LogP contribution in [0.2, 0.25) is 10.0 Å². The maximum absolute atomic E-state index is 12.3. The first kappa shape index (κ1) is 20.1. The number of hydrogen-bond donors (Lipinski definition) is 2. The fraction of sp³-hybridized carbons (Fsp3) is 0.0500. The lowest BCUT2D eigenvalue weighted by atomic mass is 10.1. The van der Waals surface area contributed by atoms with Crippen LogP contribution < -0.4 is 10.7 Å². The van der Waals surface area contributed by atoms with Gasteiger partial charge in [0.2, 0.25) is 0 Å². The highest BCUT2D eigenvalue weighted by molar-refractivity contribution is 7.12. The Balaban J connectivity index is 1.70. The van der Waals surface area contributed by atoms with E-state index in [0.717, 1.165) is 5.56 Å². The van der Waals surface area contributed by atoms with Crippen molar-refractivity contribution in [3.8, 4) is 0 Å². The van der Waals surface area contributed by atoms with E-state index in [4.69, 9.17) is 23.2 Å². The van der Waals surface area contributed by atoms with Gasteiger partial charge in [0.15, 0.2) is 0 Å². The number of thiophene rings is 1. The second-order valence-corrected chi connectivity index (χ2v) is 7.57. The molecule has 0 atom stereocenters. The first-order chi connectivity index (χ1) is 13.4. The van der Waals surface area contributed by atoms with Gasteiger partial charge in [-0.3, -0.25) is 9.59 Å². The van der Waals surface area contributed by atoms with Crippen LogP contribution >= 0.6 is 34.5 Å². The number of carbonyl (C=O) groups excluding carboxylic acids is 2. The molecular weight excluding hydrogens is 417 g/mol. The average Bonchev–Trinajstić information content (AvgIpc) is 3.21. The van der Waals surface area contributed by atoms with Crippen molar-refractivity contribution in [1.29, 1.82) is 0 Å². The Labute approximate surface area is 176 Å². The van der Waals surface area contributed by atoms with Gasteiger partial charge in [0.1, 0.15) is 0 Å². The molecule has 2 amide bonds. The average molecular weight is 432 g/mol. The maximum atomic E-state index is 12.3. The van der Waals surface area contributed by atoms with E-state index in [1.165, 1.54) is 23.5 Å². The predicted octanol–water partition coefficient (Wildman–Crippen LogP) is 5.46. The summed E-state index contributed by atoms with van der Waals surface area (Å²) < 4.78 is 0. The van der Waals surface area contributed by atoms with Crippen LogP contribution in [0.25, 0.3) is 0 Å². The highest BCUT2D eigenvalue weighted by Gasteiger charge is 2.11. The lowest BCUT2D eigenvalue weighted by Gasteiger charge is -2.07. The van der Waals surface area contributed by atoms with Crippen LogP contribution in [0.1, 0.15) is 32.5 Å². The number of carbonyl (C=O) groups is 2. The lowest BCUT2D eigenvalue weighted by molar-refractivity contribution is 0.0954. The molecule has 2 N–H and O–H groups in total. The zero-order valence-corrected chi connectivity index (χ0v) is 17.0. The van der Waals surface area contributed by atoms with Gasteiger partial charge in [-0.05, 0) is 54.3 Å². The minimum absolute atomic E-state index is 0.174. The summed E-state index contributed by atoms with van der Waals surface area (Å²) in [6.07, 6.45) is 0. The predicted molar refractivity (Wildman–Crippen MR) is 115 cm³/mol. The molecule has 5 nitrogen and oxygen atoms in total. The summed E-state index contributed by atoms with van der Waals surface area (Å²) in [6, 6.07) is 15.4. The lowest BCUT2D eigenvalue weighted by Crippen LogP contribution is -2.19. The number of benzene rings is 2. The monoisotopic (exact) mass is 431 g/mol. The van der Waals surface area contributed by atoms with Crippen LogP contribution in [0.15, 0.2) is 65.1 Å². The van der Waals surface area contributed by atoms with Crippen LogP contribution in [0.5, 0.6) is 0 Å². The van der Waals surface area contributed by atoms with Crippen LogP contribution in [-0.4, -0.2) is 17.5 Å². The summed E-state index contributed by atoms with van der Waals surface area (Å²) in [6.45, 7) is 1.75. The minimum atomic E-state index is -0.442. The summed E-state index contributed by atoms with van der Waals surface area (Å²) in [4.78, 5) is 25.1. The number of anilines is 1. The normalized spacial score (nSPS) is 11.2. The third-order valence-electron chi connectivity index (χ3n) is 3.78. The van der Waals surface area contributed by atoms with Gasteiger partial charge in [-0.1, -0.05) is 41.4 Å². The van der Waals surface area contributed by atoms with Crippen molar-refractivity contribution >= 4 is 57.8 Å². The van der Waals surface area contributed by atoms with E-state index in [1.54, 1.807) is 37.3 Å². The standard InChI is InChI=1S/C20H15Cl2N3O2S/c1-12(24-25-19(26)16-8-7-14(21)11-17(16)22)13-4-2-5-15(10-13)23-20(27)18-6-3-9-28-18/h2-11H,1H3,(H,23,27)(H,25,26)/b24-12+. The number of amides is 2. The van der Waals surface area contributed by atoms with Crippen LogP contribution in [0, 0.1) is 0 Å². The molecule has 0 aliphatic heterocycles. The molecule has 3 aromatic rings. The molecule has 0 aliphatic carbocycles. The Morgan fingerprint density at radius 2 is 1.82 bits per heavy atom. The van der Waals surface area contributed by atoms with Crippen molar-refractivity contribution < 1.29 is 9.59 Å². The molecule has 0 saturated carbocycles. The molecule has 0 spiro atoms. The van der Waals surface area contributed by atoms with Gasteiger partial charge in [-0.15, -0.1) is 11.3 Å². The van der Waals surface area contributed by atoms with E-state index in [-0.39, 0.29) is 16.5 Å². The quantitative estimate of drug-likeness (QED) is 0.415. The number of hydrazone groups is 1. The van der Waals surface area contributed by atoms with E-state index >= 15 is 0 Å². The number of halogens is 2. The molecular formula is C20H15Cl2N3O2S. The maximum Gasteiger partial charge on any atom is 0.272 e. The van der Waals surface area contributed by atoms with Gasteiger partial charge in [-0.25, -0.2) is 5.43 Å². The molecule has 8 heteroatoms. The van der Waals surface area contributed by atoms with Crippen molar-refractivity contribution in [3.63, 3.8) is 0 Å². The molecule has 3 rings (SSSR count). The molecule has 2 aromatic carbocycles. The van der Waals surface area contributed by atoms with Gasteiger partial charge < -0.3 is 5.32 Å². The van der Waals surface area contributed by atoms with Crippen molar-refractivity contribution in [1.82, 2.24) is 5.43 Å². The third kappa shape index (κ3) is 4.98. The van der Waals surface area contributed by atoms with Gasteiger partial charge in [0.25, 0.3) is 11.8 Å². The Kier molecular flexibility index (Phi) is 6.46. The van der Waals surface area contributed by atoms with Gasteiger partial charge in [0.05, 0.1) is 21.2 Å². The van der Waals surface area contributed by atoms with Crippen LogP contribution in [0.3, 0.4) is 0 Å². The second kappa shape index (κ2) is 9.01. The highest BCUT2D eigenvalue weighted by atomic mass is 35.5. The molecule has 0 aliphatic rings. The SMILES string of the molecule is C/C(=N\NC(=O)c1ccc(Cl)cc1Cl)c1cccc(NC(=O)c2cccs2)c1. The fourth-order valence-corrected chi connectivity index (χ4v) is 3.47. The summed E-state index contributed by atoms with van der Waals surface area (Å²) in [5.41, 5.74) is 4.72. The smallest absolute Gasteiger partial charge is 0.272 e. The van der Waals surface area contributed by atoms with Crippen LogP contribution in [0.4, 0.5) is 5.69 Å². The molecule has 142 valence electrons. The Morgan fingerprint density at radius 3 is 2.54 bits per heavy atom. The van der Waals surface area contributed by atoms with E-state index in [2.05, 4.69) is 15.8 Å². The summed E-state index contributed by atoms with van der Waals surface area (Å²) in [5, 5.41) is 9.50.